The van der Waals surface area contributed by atoms with Crippen molar-refractivity contribution in [1.29, 1.82) is 0 Å². The van der Waals surface area contributed by atoms with E-state index in [1.165, 1.54) is 11.1 Å². The first kappa shape index (κ1) is 17.4. The Bertz CT molecular complexity index is 636. The van der Waals surface area contributed by atoms with Gasteiger partial charge in [-0.1, -0.05) is 42.5 Å². The lowest BCUT2D eigenvalue weighted by Gasteiger charge is -2.15. The number of halogens is 1. The lowest BCUT2D eigenvalue weighted by molar-refractivity contribution is -0.126. The fraction of sp³-hybridized carbons (Fsp3) is 0.316. The highest BCUT2D eigenvalue weighted by molar-refractivity contribution is 5.85. The molecule has 3 N–H and O–H groups in total. The molecule has 1 aliphatic carbocycles. The van der Waals surface area contributed by atoms with Crippen LogP contribution >= 0.6 is 12.4 Å². The first-order chi connectivity index (χ1) is 10.7. The molecule has 2 aromatic rings. The second kappa shape index (κ2) is 7.51. The molecule has 0 aliphatic heterocycles. The molecule has 0 unspecified atom stereocenters. The van der Waals surface area contributed by atoms with Crippen LogP contribution in [-0.2, 0) is 17.6 Å². The Morgan fingerprint density at radius 1 is 1.00 bits per heavy atom. The predicted molar refractivity (Wildman–Crippen MR) is 96.6 cm³/mol. The van der Waals surface area contributed by atoms with Crippen molar-refractivity contribution in [2.45, 2.75) is 25.7 Å². The summed E-state index contributed by atoms with van der Waals surface area (Å²) in [6, 6.07) is 18.1. The van der Waals surface area contributed by atoms with Crippen molar-refractivity contribution in [3.63, 3.8) is 0 Å². The highest BCUT2D eigenvalue weighted by Crippen LogP contribution is 2.48. The third-order valence-corrected chi connectivity index (χ3v) is 4.40. The Hall–Kier alpha value is -2.00. The monoisotopic (exact) mass is 330 g/mol. The molecule has 0 atom stereocenters. The van der Waals surface area contributed by atoms with Crippen molar-refractivity contribution >= 4 is 24.0 Å². The van der Waals surface area contributed by atoms with Gasteiger partial charge in [-0.3, -0.25) is 4.79 Å². The summed E-state index contributed by atoms with van der Waals surface area (Å²) in [6.45, 7) is 0.680. The Labute approximate surface area is 143 Å². The molecule has 0 radical (unpaired) electrons. The van der Waals surface area contributed by atoms with Crippen LogP contribution in [0.5, 0.6) is 0 Å². The van der Waals surface area contributed by atoms with E-state index in [1.54, 1.807) is 0 Å². The van der Waals surface area contributed by atoms with Gasteiger partial charge < -0.3 is 11.1 Å². The van der Waals surface area contributed by atoms with Gasteiger partial charge in [-0.05, 0) is 48.9 Å². The summed E-state index contributed by atoms with van der Waals surface area (Å²) in [6.07, 6.45) is 3.68. The van der Waals surface area contributed by atoms with E-state index in [2.05, 4.69) is 17.4 Å². The Morgan fingerprint density at radius 2 is 1.65 bits per heavy atom. The smallest absolute Gasteiger partial charge is 0.226 e. The van der Waals surface area contributed by atoms with E-state index in [-0.39, 0.29) is 23.7 Å². The number of amides is 1. The second-order valence-electron chi connectivity index (χ2n) is 6.19. The van der Waals surface area contributed by atoms with E-state index in [0.29, 0.717) is 6.54 Å². The Morgan fingerprint density at radius 3 is 2.26 bits per heavy atom. The van der Waals surface area contributed by atoms with Gasteiger partial charge in [0.25, 0.3) is 0 Å². The van der Waals surface area contributed by atoms with Crippen LogP contribution in [0.3, 0.4) is 0 Å². The zero-order chi connectivity index (χ0) is 15.4. The lowest BCUT2D eigenvalue weighted by Crippen LogP contribution is -2.34. The van der Waals surface area contributed by atoms with Gasteiger partial charge in [0.2, 0.25) is 5.91 Å². The molecule has 23 heavy (non-hydrogen) atoms. The maximum Gasteiger partial charge on any atom is 0.226 e. The average molecular weight is 331 g/mol. The molecule has 0 saturated heterocycles. The summed E-state index contributed by atoms with van der Waals surface area (Å²) in [5.74, 6) is 0.201. The standard InChI is InChI=1S/C19H22N2O.ClH/c20-17-8-6-15(7-9-17)10-13-21-18(22)19(11-12-19)14-16-4-2-1-3-5-16;/h1-9H,10-14,20H2,(H,21,22);1H. The van der Waals surface area contributed by atoms with Gasteiger partial charge in [-0.15, -0.1) is 12.4 Å². The normalized spacial score (nSPS) is 14.6. The number of hydrogen-bond acceptors (Lipinski definition) is 2. The molecule has 0 bridgehead atoms. The van der Waals surface area contributed by atoms with Crippen LogP contribution in [0.15, 0.2) is 54.6 Å². The van der Waals surface area contributed by atoms with Crippen LogP contribution in [0.4, 0.5) is 5.69 Å². The van der Waals surface area contributed by atoms with E-state index in [4.69, 9.17) is 5.73 Å². The predicted octanol–water partition coefficient (Wildman–Crippen LogP) is 3.37. The summed E-state index contributed by atoms with van der Waals surface area (Å²) in [5.41, 5.74) is 8.72. The minimum atomic E-state index is -0.164. The van der Waals surface area contributed by atoms with Crippen molar-refractivity contribution in [3.8, 4) is 0 Å². The van der Waals surface area contributed by atoms with Gasteiger partial charge in [0, 0.05) is 12.2 Å². The summed E-state index contributed by atoms with van der Waals surface area (Å²) in [4.78, 5) is 12.4. The summed E-state index contributed by atoms with van der Waals surface area (Å²) in [5, 5.41) is 3.10. The molecule has 1 aliphatic rings. The highest BCUT2D eigenvalue weighted by atomic mass is 35.5. The van der Waals surface area contributed by atoms with Gasteiger partial charge in [0.05, 0.1) is 5.41 Å². The molecule has 2 aromatic carbocycles. The summed E-state index contributed by atoms with van der Waals surface area (Å²) < 4.78 is 0. The second-order valence-corrected chi connectivity index (χ2v) is 6.19. The van der Waals surface area contributed by atoms with Crippen molar-refractivity contribution in [2.75, 3.05) is 12.3 Å². The van der Waals surface area contributed by atoms with Crippen LogP contribution < -0.4 is 11.1 Å². The SMILES string of the molecule is Cl.Nc1ccc(CCNC(=O)C2(Cc3ccccc3)CC2)cc1. The molecule has 4 heteroatoms. The number of anilines is 1. The molecule has 1 amide bonds. The quantitative estimate of drug-likeness (QED) is 0.798. The maximum absolute atomic E-state index is 12.4. The number of carbonyl (C=O) groups is 1. The average Bonchev–Trinajstić information content (AvgIpc) is 3.31. The first-order valence-corrected chi connectivity index (χ1v) is 7.85. The number of nitrogen functional groups attached to an aromatic ring is 1. The van der Waals surface area contributed by atoms with Gasteiger partial charge in [0.15, 0.2) is 0 Å². The fourth-order valence-corrected chi connectivity index (χ4v) is 2.81. The van der Waals surface area contributed by atoms with E-state index in [9.17, 15) is 4.79 Å². The zero-order valence-corrected chi connectivity index (χ0v) is 13.9. The molecular formula is C19H23ClN2O. The molecule has 1 fully saturated rings. The van der Waals surface area contributed by atoms with Crippen molar-refractivity contribution in [3.05, 3.63) is 65.7 Å². The number of carbonyl (C=O) groups excluding carboxylic acids is 1. The minimum Gasteiger partial charge on any atom is -0.399 e. The summed E-state index contributed by atoms with van der Waals surface area (Å²) in [7, 11) is 0. The van der Waals surface area contributed by atoms with Crippen LogP contribution in [0.1, 0.15) is 24.0 Å². The van der Waals surface area contributed by atoms with Gasteiger partial charge in [-0.25, -0.2) is 0 Å². The minimum absolute atomic E-state index is 0. The molecule has 0 spiro atoms. The Kier molecular flexibility index (Phi) is 5.67. The largest absolute Gasteiger partial charge is 0.399 e. The van der Waals surface area contributed by atoms with Crippen LogP contribution in [0, 0.1) is 5.41 Å². The van der Waals surface area contributed by atoms with Gasteiger partial charge >= 0.3 is 0 Å². The number of hydrogen-bond donors (Lipinski definition) is 2. The summed E-state index contributed by atoms with van der Waals surface area (Å²) >= 11 is 0. The van der Waals surface area contributed by atoms with E-state index in [1.807, 2.05) is 42.5 Å². The topological polar surface area (TPSA) is 55.1 Å². The van der Waals surface area contributed by atoms with Crippen molar-refractivity contribution in [1.82, 2.24) is 5.32 Å². The first-order valence-electron chi connectivity index (χ1n) is 7.85. The molecular weight excluding hydrogens is 308 g/mol. The molecule has 3 nitrogen and oxygen atoms in total. The van der Waals surface area contributed by atoms with E-state index < -0.39 is 0 Å². The number of rotatable bonds is 6. The van der Waals surface area contributed by atoms with Crippen LogP contribution in [-0.4, -0.2) is 12.5 Å². The van der Waals surface area contributed by atoms with E-state index in [0.717, 1.165) is 31.4 Å². The third-order valence-electron chi connectivity index (χ3n) is 4.40. The van der Waals surface area contributed by atoms with Crippen molar-refractivity contribution < 1.29 is 4.79 Å². The lowest BCUT2D eigenvalue weighted by atomic mass is 9.95. The zero-order valence-electron chi connectivity index (χ0n) is 13.1. The molecule has 3 rings (SSSR count). The molecule has 122 valence electrons. The van der Waals surface area contributed by atoms with Gasteiger partial charge in [0.1, 0.15) is 0 Å². The Balaban J connectivity index is 0.00000192. The number of benzene rings is 2. The van der Waals surface area contributed by atoms with E-state index >= 15 is 0 Å². The fourth-order valence-electron chi connectivity index (χ4n) is 2.81. The van der Waals surface area contributed by atoms with Crippen LogP contribution in [0.2, 0.25) is 0 Å². The highest BCUT2D eigenvalue weighted by Gasteiger charge is 2.49. The molecule has 1 saturated carbocycles. The van der Waals surface area contributed by atoms with Gasteiger partial charge in [-0.2, -0.15) is 0 Å². The molecule has 0 aromatic heterocycles. The van der Waals surface area contributed by atoms with Crippen LogP contribution in [0.25, 0.3) is 0 Å². The molecule has 0 heterocycles. The third kappa shape index (κ3) is 4.49. The maximum atomic E-state index is 12.4. The van der Waals surface area contributed by atoms with Crippen molar-refractivity contribution in [2.24, 2.45) is 5.41 Å². The number of nitrogens with one attached hydrogen (secondary N) is 1. The number of nitrogens with two attached hydrogens (primary N) is 1.